The van der Waals surface area contributed by atoms with E-state index in [4.69, 9.17) is 15.2 Å². The van der Waals surface area contributed by atoms with Crippen molar-refractivity contribution in [1.82, 2.24) is 0 Å². The number of benzene rings is 2. The van der Waals surface area contributed by atoms with E-state index in [0.717, 1.165) is 17.0 Å². The summed E-state index contributed by atoms with van der Waals surface area (Å²) in [5.74, 6) is 1.44. The molecule has 0 atom stereocenters. The largest absolute Gasteiger partial charge is 0.494 e. The van der Waals surface area contributed by atoms with E-state index in [-0.39, 0.29) is 5.91 Å². The van der Waals surface area contributed by atoms with Gasteiger partial charge in [-0.1, -0.05) is 6.07 Å². The molecule has 2 aromatic carbocycles. The maximum atomic E-state index is 12.1. The van der Waals surface area contributed by atoms with Gasteiger partial charge in [0, 0.05) is 12.1 Å². The Balaban J connectivity index is 1.85. The fraction of sp³-hybridized carbons (Fsp3) is 0.316. The highest BCUT2D eigenvalue weighted by atomic mass is 16.5. The van der Waals surface area contributed by atoms with Crippen LogP contribution in [-0.2, 0) is 11.2 Å². The van der Waals surface area contributed by atoms with Gasteiger partial charge in [-0.2, -0.15) is 0 Å². The van der Waals surface area contributed by atoms with E-state index in [0.29, 0.717) is 37.5 Å². The van der Waals surface area contributed by atoms with E-state index in [1.807, 2.05) is 56.3 Å². The summed E-state index contributed by atoms with van der Waals surface area (Å²) >= 11 is 0. The summed E-state index contributed by atoms with van der Waals surface area (Å²) in [7, 11) is 0. The lowest BCUT2D eigenvalue weighted by Gasteiger charge is -2.09. The summed E-state index contributed by atoms with van der Waals surface area (Å²) in [6, 6.07) is 13.0. The van der Waals surface area contributed by atoms with Gasteiger partial charge < -0.3 is 20.5 Å². The van der Waals surface area contributed by atoms with Crippen LogP contribution in [0.15, 0.2) is 42.5 Å². The third-order valence-electron chi connectivity index (χ3n) is 3.46. The zero-order valence-electron chi connectivity index (χ0n) is 14.2. The molecule has 128 valence electrons. The molecule has 0 spiro atoms. The number of aryl methyl sites for hydroxylation is 1. The normalized spacial score (nSPS) is 10.2. The second-order valence-corrected chi connectivity index (χ2v) is 5.31. The number of carbonyl (C=O) groups excluding carboxylic acids is 1. The molecule has 0 saturated carbocycles. The Hall–Kier alpha value is -2.69. The molecule has 0 aliphatic heterocycles. The van der Waals surface area contributed by atoms with Crippen LogP contribution in [0.25, 0.3) is 0 Å². The summed E-state index contributed by atoms with van der Waals surface area (Å²) in [6.45, 7) is 5.05. The SMILES string of the molecule is CCOc1ccc(NC(=O)CCc2ccc(OCC)c(N)c2)cc1. The van der Waals surface area contributed by atoms with Gasteiger partial charge in [-0.3, -0.25) is 4.79 Å². The first-order valence-corrected chi connectivity index (χ1v) is 8.16. The van der Waals surface area contributed by atoms with Gasteiger partial charge in [0.15, 0.2) is 0 Å². The number of carbonyl (C=O) groups is 1. The van der Waals surface area contributed by atoms with Gasteiger partial charge in [-0.15, -0.1) is 0 Å². The molecule has 2 rings (SSSR count). The lowest BCUT2D eigenvalue weighted by molar-refractivity contribution is -0.116. The Kier molecular flexibility index (Phi) is 6.49. The van der Waals surface area contributed by atoms with Crippen molar-refractivity contribution in [1.29, 1.82) is 0 Å². The minimum Gasteiger partial charge on any atom is -0.494 e. The second-order valence-electron chi connectivity index (χ2n) is 5.31. The number of nitrogens with two attached hydrogens (primary N) is 1. The fourth-order valence-electron chi connectivity index (χ4n) is 2.32. The number of hydrogen-bond acceptors (Lipinski definition) is 4. The van der Waals surface area contributed by atoms with E-state index >= 15 is 0 Å². The van der Waals surface area contributed by atoms with Gasteiger partial charge in [-0.05, 0) is 62.2 Å². The summed E-state index contributed by atoms with van der Waals surface area (Å²) in [5, 5.41) is 2.88. The predicted octanol–water partition coefficient (Wildman–Crippen LogP) is 3.64. The van der Waals surface area contributed by atoms with Crippen LogP contribution in [0.5, 0.6) is 11.5 Å². The van der Waals surface area contributed by atoms with Crippen molar-refractivity contribution < 1.29 is 14.3 Å². The van der Waals surface area contributed by atoms with Gasteiger partial charge in [0.05, 0.1) is 18.9 Å². The molecule has 5 nitrogen and oxygen atoms in total. The summed E-state index contributed by atoms with van der Waals surface area (Å²) in [6.07, 6.45) is 1.01. The van der Waals surface area contributed by atoms with Gasteiger partial charge in [-0.25, -0.2) is 0 Å². The van der Waals surface area contributed by atoms with Crippen LogP contribution in [0, 0.1) is 0 Å². The molecule has 0 aliphatic carbocycles. The Morgan fingerprint density at radius 2 is 1.75 bits per heavy atom. The zero-order chi connectivity index (χ0) is 17.4. The number of amides is 1. The molecule has 24 heavy (non-hydrogen) atoms. The highest BCUT2D eigenvalue weighted by molar-refractivity contribution is 5.90. The lowest BCUT2D eigenvalue weighted by atomic mass is 10.1. The molecule has 5 heteroatoms. The standard InChI is InChI=1S/C19H24N2O3/c1-3-23-16-9-7-15(8-10-16)21-19(22)12-6-14-5-11-18(24-4-2)17(20)13-14/h5,7-11,13H,3-4,6,12,20H2,1-2H3,(H,21,22). The molecule has 0 saturated heterocycles. The molecule has 0 aromatic heterocycles. The van der Waals surface area contributed by atoms with Crippen LogP contribution in [0.2, 0.25) is 0 Å². The zero-order valence-corrected chi connectivity index (χ0v) is 14.2. The molecule has 0 unspecified atom stereocenters. The van der Waals surface area contributed by atoms with Crippen molar-refractivity contribution in [3.8, 4) is 11.5 Å². The van der Waals surface area contributed by atoms with Crippen molar-refractivity contribution >= 4 is 17.3 Å². The molecule has 1 amide bonds. The lowest BCUT2D eigenvalue weighted by Crippen LogP contribution is -2.12. The number of ether oxygens (including phenoxy) is 2. The highest BCUT2D eigenvalue weighted by Crippen LogP contribution is 2.23. The van der Waals surface area contributed by atoms with Crippen LogP contribution in [0.4, 0.5) is 11.4 Å². The quantitative estimate of drug-likeness (QED) is 0.726. The first kappa shape index (κ1) is 17.7. The number of nitrogens with one attached hydrogen (secondary N) is 1. The molecular formula is C19H24N2O3. The Morgan fingerprint density at radius 1 is 1.04 bits per heavy atom. The monoisotopic (exact) mass is 328 g/mol. The second kappa shape index (κ2) is 8.82. The highest BCUT2D eigenvalue weighted by Gasteiger charge is 2.06. The Labute approximate surface area is 142 Å². The predicted molar refractivity (Wildman–Crippen MR) is 96.6 cm³/mol. The van der Waals surface area contributed by atoms with Crippen molar-refractivity contribution in [2.45, 2.75) is 26.7 Å². The molecule has 3 N–H and O–H groups in total. The van der Waals surface area contributed by atoms with Crippen molar-refractivity contribution in [3.63, 3.8) is 0 Å². The maximum absolute atomic E-state index is 12.1. The van der Waals surface area contributed by atoms with Gasteiger partial charge in [0.2, 0.25) is 5.91 Å². The van der Waals surface area contributed by atoms with Crippen LogP contribution < -0.4 is 20.5 Å². The Morgan fingerprint density at radius 3 is 2.38 bits per heavy atom. The molecule has 0 bridgehead atoms. The third-order valence-corrected chi connectivity index (χ3v) is 3.46. The minimum atomic E-state index is -0.0355. The molecular weight excluding hydrogens is 304 g/mol. The van der Waals surface area contributed by atoms with Crippen LogP contribution in [-0.4, -0.2) is 19.1 Å². The fourth-order valence-corrected chi connectivity index (χ4v) is 2.32. The van der Waals surface area contributed by atoms with Gasteiger partial charge in [0.25, 0.3) is 0 Å². The smallest absolute Gasteiger partial charge is 0.224 e. The van der Waals surface area contributed by atoms with E-state index < -0.39 is 0 Å². The van der Waals surface area contributed by atoms with E-state index in [2.05, 4.69) is 5.32 Å². The number of nitrogen functional groups attached to an aromatic ring is 1. The van der Waals surface area contributed by atoms with Crippen LogP contribution >= 0.6 is 0 Å². The minimum absolute atomic E-state index is 0.0355. The van der Waals surface area contributed by atoms with Crippen molar-refractivity contribution in [2.24, 2.45) is 0 Å². The molecule has 2 aromatic rings. The van der Waals surface area contributed by atoms with Crippen molar-refractivity contribution in [3.05, 3.63) is 48.0 Å². The third kappa shape index (κ3) is 5.19. The van der Waals surface area contributed by atoms with Gasteiger partial charge >= 0.3 is 0 Å². The van der Waals surface area contributed by atoms with Gasteiger partial charge in [0.1, 0.15) is 11.5 Å². The Bertz CT molecular complexity index is 669. The first-order chi connectivity index (χ1) is 11.6. The summed E-state index contributed by atoms with van der Waals surface area (Å²) in [4.78, 5) is 12.1. The van der Waals surface area contributed by atoms with Crippen LogP contribution in [0.3, 0.4) is 0 Å². The van der Waals surface area contributed by atoms with Crippen LogP contribution in [0.1, 0.15) is 25.8 Å². The van der Waals surface area contributed by atoms with E-state index in [1.54, 1.807) is 0 Å². The van der Waals surface area contributed by atoms with Crippen molar-refractivity contribution in [2.75, 3.05) is 24.3 Å². The molecule has 0 fully saturated rings. The maximum Gasteiger partial charge on any atom is 0.224 e. The van der Waals surface area contributed by atoms with E-state index in [9.17, 15) is 4.79 Å². The average molecular weight is 328 g/mol. The molecule has 0 aliphatic rings. The summed E-state index contributed by atoms with van der Waals surface area (Å²) in [5.41, 5.74) is 8.31. The average Bonchev–Trinajstić information content (AvgIpc) is 2.57. The number of anilines is 2. The first-order valence-electron chi connectivity index (χ1n) is 8.16. The summed E-state index contributed by atoms with van der Waals surface area (Å²) < 4.78 is 10.8. The number of hydrogen-bond donors (Lipinski definition) is 2. The van der Waals surface area contributed by atoms with E-state index in [1.165, 1.54) is 0 Å². The molecule has 0 heterocycles. The topological polar surface area (TPSA) is 73.6 Å². The number of rotatable bonds is 8. The molecule has 0 radical (unpaired) electrons.